The number of thiocarbonyl (C=S) groups is 1. The summed E-state index contributed by atoms with van der Waals surface area (Å²) in [5.41, 5.74) is 0.968. The maximum Gasteiger partial charge on any atom is 0.171 e. The van der Waals surface area contributed by atoms with E-state index in [0.29, 0.717) is 11.2 Å². The number of nitrogens with one attached hydrogen (secondary N) is 2. The van der Waals surface area contributed by atoms with Crippen molar-refractivity contribution < 1.29 is 0 Å². The van der Waals surface area contributed by atoms with E-state index < -0.39 is 0 Å². The monoisotopic (exact) mass is 244 g/mol. The molecule has 5 heteroatoms. The SMILES string of the molecule is S=C(Nc1cccc2cnncc12)NC1CC1. The lowest BCUT2D eigenvalue weighted by molar-refractivity contribution is 0.919. The second-order valence-corrected chi connectivity index (χ2v) is 4.58. The van der Waals surface area contributed by atoms with Crippen LogP contribution in [0.2, 0.25) is 0 Å². The quantitative estimate of drug-likeness (QED) is 0.792. The Balaban J connectivity index is 1.86. The zero-order valence-electron chi connectivity index (χ0n) is 9.18. The van der Waals surface area contributed by atoms with Gasteiger partial charge in [0.25, 0.3) is 0 Å². The number of fused-ring (bicyclic) bond motifs is 1. The highest BCUT2D eigenvalue weighted by atomic mass is 32.1. The Morgan fingerprint density at radius 3 is 2.88 bits per heavy atom. The Bertz CT molecular complexity index is 560. The van der Waals surface area contributed by atoms with E-state index in [1.807, 2.05) is 18.2 Å². The number of rotatable bonds is 2. The van der Waals surface area contributed by atoms with Crippen molar-refractivity contribution in [2.45, 2.75) is 18.9 Å². The first-order chi connectivity index (χ1) is 8.33. The van der Waals surface area contributed by atoms with Gasteiger partial charge in [0.1, 0.15) is 0 Å². The lowest BCUT2D eigenvalue weighted by atomic mass is 10.2. The van der Waals surface area contributed by atoms with Gasteiger partial charge in [-0.05, 0) is 31.1 Å². The van der Waals surface area contributed by atoms with Crippen molar-refractivity contribution in [3.05, 3.63) is 30.6 Å². The number of hydrogen-bond acceptors (Lipinski definition) is 3. The van der Waals surface area contributed by atoms with Crippen LogP contribution in [0.3, 0.4) is 0 Å². The summed E-state index contributed by atoms with van der Waals surface area (Å²) in [6.07, 6.45) is 5.92. The van der Waals surface area contributed by atoms with Gasteiger partial charge in [-0.25, -0.2) is 0 Å². The maximum absolute atomic E-state index is 5.26. The van der Waals surface area contributed by atoms with Gasteiger partial charge in [0, 0.05) is 22.5 Å². The van der Waals surface area contributed by atoms with Crippen molar-refractivity contribution in [2.24, 2.45) is 0 Å². The molecule has 1 heterocycles. The van der Waals surface area contributed by atoms with Crippen LogP contribution in [-0.4, -0.2) is 21.4 Å². The van der Waals surface area contributed by atoms with Crippen molar-refractivity contribution in [3.8, 4) is 0 Å². The molecule has 1 aromatic heterocycles. The zero-order valence-corrected chi connectivity index (χ0v) is 10.00. The van der Waals surface area contributed by atoms with Crippen LogP contribution in [0.25, 0.3) is 10.8 Å². The molecule has 1 aliphatic carbocycles. The molecule has 2 aromatic rings. The third-order valence-corrected chi connectivity index (χ3v) is 2.97. The summed E-state index contributed by atoms with van der Waals surface area (Å²) in [6, 6.07) is 6.54. The Kier molecular flexibility index (Phi) is 2.60. The fraction of sp³-hybridized carbons (Fsp3) is 0.250. The molecule has 0 atom stereocenters. The third-order valence-electron chi connectivity index (χ3n) is 2.75. The minimum absolute atomic E-state index is 0.560. The van der Waals surface area contributed by atoms with Gasteiger partial charge in [-0.1, -0.05) is 12.1 Å². The highest BCUT2D eigenvalue weighted by Gasteiger charge is 2.21. The molecule has 0 spiro atoms. The van der Waals surface area contributed by atoms with Crippen LogP contribution in [-0.2, 0) is 0 Å². The smallest absolute Gasteiger partial charge is 0.171 e. The molecule has 0 amide bonds. The first kappa shape index (κ1) is 10.4. The molecule has 1 aliphatic rings. The second kappa shape index (κ2) is 4.25. The standard InChI is InChI=1S/C12H12N4S/c17-12(15-9-4-5-9)16-11-3-1-2-8-6-13-14-7-10(8)11/h1-3,6-7,9H,4-5H2,(H2,15,16,17). The lowest BCUT2D eigenvalue weighted by Crippen LogP contribution is -2.30. The van der Waals surface area contributed by atoms with Gasteiger partial charge >= 0.3 is 0 Å². The number of anilines is 1. The molecular weight excluding hydrogens is 232 g/mol. The fourth-order valence-electron chi connectivity index (χ4n) is 1.71. The van der Waals surface area contributed by atoms with Gasteiger partial charge in [0.15, 0.2) is 5.11 Å². The van der Waals surface area contributed by atoms with Gasteiger partial charge in [-0.3, -0.25) is 0 Å². The van der Waals surface area contributed by atoms with E-state index in [9.17, 15) is 0 Å². The Morgan fingerprint density at radius 2 is 2.06 bits per heavy atom. The molecule has 3 rings (SSSR count). The fourth-order valence-corrected chi connectivity index (χ4v) is 1.98. The molecule has 0 aliphatic heterocycles. The summed E-state index contributed by atoms with van der Waals surface area (Å²) >= 11 is 5.26. The van der Waals surface area contributed by atoms with Crippen molar-refractivity contribution in [3.63, 3.8) is 0 Å². The zero-order chi connectivity index (χ0) is 11.7. The first-order valence-electron chi connectivity index (χ1n) is 5.60. The molecule has 0 saturated heterocycles. The van der Waals surface area contributed by atoms with Gasteiger partial charge in [-0.15, -0.1) is 0 Å². The minimum atomic E-state index is 0.560. The third kappa shape index (κ3) is 2.34. The topological polar surface area (TPSA) is 49.8 Å². The van der Waals surface area contributed by atoms with E-state index in [1.165, 1.54) is 12.8 Å². The molecule has 0 unspecified atom stereocenters. The van der Waals surface area contributed by atoms with Crippen LogP contribution in [0.15, 0.2) is 30.6 Å². The largest absolute Gasteiger partial charge is 0.360 e. The molecule has 1 fully saturated rings. The van der Waals surface area contributed by atoms with Crippen molar-refractivity contribution in [1.82, 2.24) is 15.5 Å². The molecule has 1 saturated carbocycles. The summed E-state index contributed by atoms with van der Waals surface area (Å²) in [4.78, 5) is 0. The average molecular weight is 244 g/mol. The first-order valence-corrected chi connectivity index (χ1v) is 6.01. The minimum Gasteiger partial charge on any atom is -0.360 e. The van der Waals surface area contributed by atoms with E-state index >= 15 is 0 Å². The molecule has 17 heavy (non-hydrogen) atoms. The van der Waals surface area contributed by atoms with E-state index in [-0.39, 0.29) is 0 Å². The number of benzene rings is 1. The normalized spacial score (nSPS) is 14.6. The average Bonchev–Trinajstić information content (AvgIpc) is 3.13. The number of aromatic nitrogens is 2. The Morgan fingerprint density at radius 1 is 1.24 bits per heavy atom. The molecule has 0 radical (unpaired) electrons. The number of nitrogens with zero attached hydrogens (tertiary/aromatic N) is 2. The predicted molar refractivity (Wildman–Crippen MR) is 71.9 cm³/mol. The predicted octanol–water partition coefficient (Wildman–Crippen LogP) is 2.08. The van der Waals surface area contributed by atoms with Gasteiger partial charge < -0.3 is 10.6 Å². The summed E-state index contributed by atoms with van der Waals surface area (Å²) in [5.74, 6) is 0. The van der Waals surface area contributed by atoms with Crippen LogP contribution in [0, 0.1) is 0 Å². The van der Waals surface area contributed by atoms with Crippen molar-refractivity contribution in [1.29, 1.82) is 0 Å². The van der Waals surface area contributed by atoms with Crippen molar-refractivity contribution in [2.75, 3.05) is 5.32 Å². The van der Waals surface area contributed by atoms with E-state index in [4.69, 9.17) is 12.2 Å². The molecule has 1 aromatic carbocycles. The molecule has 0 bridgehead atoms. The summed E-state index contributed by atoms with van der Waals surface area (Å²) in [6.45, 7) is 0. The Labute approximate surface area is 104 Å². The maximum atomic E-state index is 5.26. The van der Waals surface area contributed by atoms with Gasteiger partial charge in [0.05, 0.1) is 12.4 Å². The van der Waals surface area contributed by atoms with E-state index in [1.54, 1.807) is 12.4 Å². The van der Waals surface area contributed by atoms with E-state index in [2.05, 4.69) is 20.8 Å². The lowest BCUT2D eigenvalue weighted by Gasteiger charge is -2.11. The summed E-state index contributed by atoms with van der Waals surface area (Å²) in [7, 11) is 0. The molecular formula is C12H12N4S. The Hall–Kier alpha value is -1.75. The summed E-state index contributed by atoms with van der Waals surface area (Å²) in [5, 5.41) is 17.0. The summed E-state index contributed by atoms with van der Waals surface area (Å²) < 4.78 is 0. The van der Waals surface area contributed by atoms with Gasteiger partial charge in [-0.2, -0.15) is 10.2 Å². The highest BCUT2D eigenvalue weighted by molar-refractivity contribution is 7.80. The van der Waals surface area contributed by atoms with Gasteiger partial charge in [0.2, 0.25) is 0 Å². The van der Waals surface area contributed by atoms with Crippen LogP contribution < -0.4 is 10.6 Å². The highest BCUT2D eigenvalue weighted by Crippen LogP contribution is 2.22. The van der Waals surface area contributed by atoms with Crippen molar-refractivity contribution >= 4 is 33.8 Å². The van der Waals surface area contributed by atoms with Crippen LogP contribution >= 0.6 is 12.2 Å². The second-order valence-electron chi connectivity index (χ2n) is 4.17. The number of hydrogen-bond donors (Lipinski definition) is 2. The molecule has 86 valence electrons. The van der Waals surface area contributed by atoms with Crippen LogP contribution in [0.1, 0.15) is 12.8 Å². The molecule has 4 nitrogen and oxygen atoms in total. The molecule has 2 N–H and O–H groups in total. The van der Waals surface area contributed by atoms with Crippen LogP contribution in [0.4, 0.5) is 5.69 Å². The van der Waals surface area contributed by atoms with Crippen LogP contribution in [0.5, 0.6) is 0 Å². The van der Waals surface area contributed by atoms with E-state index in [0.717, 1.165) is 16.5 Å².